The number of aromatic nitrogens is 1. The zero-order chi connectivity index (χ0) is 14.3. The Hall–Kier alpha value is -2.35. The quantitative estimate of drug-likeness (QED) is 0.686. The third-order valence-corrected chi connectivity index (χ3v) is 3.79. The lowest BCUT2D eigenvalue weighted by Crippen LogP contribution is -2.05. The van der Waals surface area contributed by atoms with Crippen molar-refractivity contribution in [2.24, 2.45) is 0 Å². The van der Waals surface area contributed by atoms with Gasteiger partial charge in [-0.1, -0.05) is 29.8 Å². The number of carbonyl (C=O) groups excluding carboxylic acids is 1. The molecule has 3 rings (SSSR count). The molecule has 3 aromatic rings. The molecule has 0 radical (unpaired) electrons. The maximum atomic E-state index is 12.9. The van der Waals surface area contributed by atoms with Crippen LogP contribution < -0.4 is 0 Å². The summed E-state index contributed by atoms with van der Waals surface area (Å²) in [5, 5.41) is 0.998. The molecule has 2 aromatic carbocycles. The van der Waals surface area contributed by atoms with Gasteiger partial charge in [-0.2, -0.15) is 0 Å². The summed E-state index contributed by atoms with van der Waals surface area (Å²) >= 11 is 0. The molecule has 100 valence electrons. The minimum Gasteiger partial charge on any atom is -0.360 e. The van der Waals surface area contributed by atoms with Crippen LogP contribution in [-0.2, 0) is 0 Å². The first kappa shape index (κ1) is 12.7. The number of rotatable bonds is 2. The van der Waals surface area contributed by atoms with E-state index in [1.807, 2.05) is 57.3 Å². The highest BCUT2D eigenvalue weighted by Gasteiger charge is 2.17. The van der Waals surface area contributed by atoms with Crippen molar-refractivity contribution < 1.29 is 4.79 Å². The summed E-state index contributed by atoms with van der Waals surface area (Å²) in [7, 11) is 0. The van der Waals surface area contributed by atoms with Crippen LogP contribution in [0.3, 0.4) is 0 Å². The number of fused-ring (bicyclic) bond motifs is 1. The van der Waals surface area contributed by atoms with Crippen LogP contribution in [0.2, 0.25) is 0 Å². The van der Waals surface area contributed by atoms with Crippen LogP contribution in [0.25, 0.3) is 10.9 Å². The predicted octanol–water partition coefficient (Wildman–Crippen LogP) is 4.32. The number of hydrogen-bond acceptors (Lipinski definition) is 1. The summed E-state index contributed by atoms with van der Waals surface area (Å²) in [6.07, 6.45) is 1.82. The number of ketones is 1. The van der Waals surface area contributed by atoms with Gasteiger partial charge in [-0.25, -0.2) is 0 Å². The van der Waals surface area contributed by atoms with E-state index in [1.54, 1.807) is 0 Å². The highest BCUT2D eigenvalue weighted by atomic mass is 16.1. The molecule has 0 saturated heterocycles. The Morgan fingerprint density at radius 3 is 2.40 bits per heavy atom. The van der Waals surface area contributed by atoms with Crippen LogP contribution in [0, 0.1) is 20.8 Å². The highest BCUT2D eigenvalue weighted by Crippen LogP contribution is 2.25. The topological polar surface area (TPSA) is 32.9 Å². The summed E-state index contributed by atoms with van der Waals surface area (Å²) in [5.74, 6) is 0.0949. The first-order chi connectivity index (χ1) is 9.58. The number of carbonyl (C=O) groups is 1. The van der Waals surface area contributed by atoms with Crippen molar-refractivity contribution in [3.8, 4) is 0 Å². The van der Waals surface area contributed by atoms with E-state index < -0.39 is 0 Å². The third kappa shape index (κ3) is 1.94. The molecule has 0 spiro atoms. The zero-order valence-corrected chi connectivity index (χ0v) is 11.9. The molecule has 0 aliphatic carbocycles. The second-order valence-electron chi connectivity index (χ2n) is 5.35. The largest absolute Gasteiger partial charge is 0.360 e. The van der Waals surface area contributed by atoms with Crippen LogP contribution in [0.5, 0.6) is 0 Å². The maximum absolute atomic E-state index is 12.9. The fourth-order valence-electron chi connectivity index (χ4n) is 2.73. The lowest BCUT2D eigenvalue weighted by atomic mass is 9.94. The first-order valence-corrected chi connectivity index (χ1v) is 6.76. The van der Waals surface area contributed by atoms with E-state index in [2.05, 4.69) is 11.1 Å². The van der Waals surface area contributed by atoms with Gasteiger partial charge in [-0.05, 0) is 44.0 Å². The van der Waals surface area contributed by atoms with Gasteiger partial charge in [-0.15, -0.1) is 0 Å². The van der Waals surface area contributed by atoms with Crippen LogP contribution in [0.1, 0.15) is 32.6 Å². The van der Waals surface area contributed by atoms with Gasteiger partial charge in [0.25, 0.3) is 0 Å². The van der Waals surface area contributed by atoms with Gasteiger partial charge in [0.05, 0.1) is 0 Å². The van der Waals surface area contributed by atoms with Crippen molar-refractivity contribution in [1.29, 1.82) is 0 Å². The average molecular weight is 263 g/mol. The van der Waals surface area contributed by atoms with Crippen molar-refractivity contribution in [1.82, 2.24) is 4.98 Å². The summed E-state index contributed by atoms with van der Waals surface area (Å²) in [6.45, 7) is 6.01. The second kappa shape index (κ2) is 4.64. The molecular formula is C18H17NO. The number of aromatic amines is 1. The van der Waals surface area contributed by atoms with Gasteiger partial charge in [0, 0.05) is 28.2 Å². The Bertz CT molecular complexity index is 791. The van der Waals surface area contributed by atoms with Crippen molar-refractivity contribution in [3.63, 3.8) is 0 Å². The summed E-state index contributed by atoms with van der Waals surface area (Å²) in [6, 6.07) is 12.1. The normalized spacial score (nSPS) is 10.9. The van der Waals surface area contributed by atoms with Crippen LogP contribution in [-0.4, -0.2) is 10.8 Å². The molecule has 0 bridgehead atoms. The van der Waals surface area contributed by atoms with Crippen molar-refractivity contribution in [3.05, 3.63) is 70.4 Å². The lowest BCUT2D eigenvalue weighted by Gasteiger charge is -2.08. The van der Waals surface area contributed by atoms with Crippen molar-refractivity contribution in [2.75, 3.05) is 0 Å². The summed E-state index contributed by atoms with van der Waals surface area (Å²) in [4.78, 5) is 16.0. The second-order valence-corrected chi connectivity index (χ2v) is 5.35. The van der Waals surface area contributed by atoms with Gasteiger partial charge in [0.1, 0.15) is 0 Å². The van der Waals surface area contributed by atoms with E-state index in [-0.39, 0.29) is 5.78 Å². The van der Waals surface area contributed by atoms with Gasteiger partial charge in [-0.3, -0.25) is 4.79 Å². The summed E-state index contributed by atoms with van der Waals surface area (Å²) in [5.41, 5.74) is 5.78. The molecule has 0 saturated carbocycles. The van der Waals surface area contributed by atoms with Crippen LogP contribution >= 0.6 is 0 Å². The SMILES string of the molecule is Cc1ccc2[nH]cc(C(=O)c3c(C)cccc3C)c2c1. The van der Waals surface area contributed by atoms with E-state index in [9.17, 15) is 4.79 Å². The predicted molar refractivity (Wildman–Crippen MR) is 82.4 cm³/mol. The molecule has 0 fully saturated rings. The fourth-order valence-corrected chi connectivity index (χ4v) is 2.73. The minimum atomic E-state index is 0.0949. The van der Waals surface area contributed by atoms with E-state index >= 15 is 0 Å². The monoisotopic (exact) mass is 263 g/mol. The molecule has 2 nitrogen and oxygen atoms in total. The number of aryl methyl sites for hydroxylation is 3. The first-order valence-electron chi connectivity index (χ1n) is 6.76. The average Bonchev–Trinajstić information content (AvgIpc) is 2.81. The van der Waals surface area contributed by atoms with E-state index in [0.717, 1.165) is 38.7 Å². The smallest absolute Gasteiger partial charge is 0.195 e. The Morgan fingerprint density at radius 2 is 1.70 bits per heavy atom. The molecule has 1 heterocycles. The molecule has 0 amide bonds. The molecule has 2 heteroatoms. The van der Waals surface area contributed by atoms with Gasteiger partial charge in [0.2, 0.25) is 0 Å². The highest BCUT2D eigenvalue weighted by molar-refractivity contribution is 6.17. The Kier molecular flexibility index (Phi) is 2.94. The minimum absolute atomic E-state index is 0.0949. The summed E-state index contributed by atoms with van der Waals surface area (Å²) < 4.78 is 0. The van der Waals surface area contributed by atoms with E-state index in [4.69, 9.17) is 0 Å². The zero-order valence-electron chi connectivity index (χ0n) is 11.9. The number of benzene rings is 2. The molecule has 20 heavy (non-hydrogen) atoms. The number of nitrogens with one attached hydrogen (secondary N) is 1. The van der Waals surface area contributed by atoms with Crippen molar-refractivity contribution in [2.45, 2.75) is 20.8 Å². The van der Waals surface area contributed by atoms with E-state index in [0.29, 0.717) is 0 Å². The van der Waals surface area contributed by atoms with Gasteiger partial charge >= 0.3 is 0 Å². The van der Waals surface area contributed by atoms with Crippen LogP contribution in [0.4, 0.5) is 0 Å². The van der Waals surface area contributed by atoms with Gasteiger partial charge in [0.15, 0.2) is 5.78 Å². The Labute approximate surface area is 118 Å². The molecule has 1 N–H and O–H groups in total. The maximum Gasteiger partial charge on any atom is 0.195 e. The van der Waals surface area contributed by atoms with Crippen molar-refractivity contribution >= 4 is 16.7 Å². The van der Waals surface area contributed by atoms with Gasteiger partial charge < -0.3 is 4.98 Å². The van der Waals surface area contributed by atoms with E-state index in [1.165, 1.54) is 0 Å². The molecule has 0 aliphatic rings. The third-order valence-electron chi connectivity index (χ3n) is 3.79. The number of hydrogen-bond donors (Lipinski definition) is 1. The Balaban J connectivity index is 2.21. The standard InChI is InChI=1S/C18H17NO/c1-11-7-8-16-14(9-11)15(10-19-16)18(20)17-12(2)5-4-6-13(17)3/h4-10,19H,1-3H3. The van der Waals surface area contributed by atoms with Crippen LogP contribution in [0.15, 0.2) is 42.6 Å². The Morgan fingerprint density at radius 1 is 1.00 bits per heavy atom. The number of H-pyrrole nitrogens is 1. The molecule has 0 atom stereocenters. The molecule has 1 aromatic heterocycles. The lowest BCUT2D eigenvalue weighted by molar-refractivity contribution is 0.103. The molecule has 0 aliphatic heterocycles. The molecule has 0 unspecified atom stereocenters. The fraction of sp³-hybridized carbons (Fsp3) is 0.167. The molecular weight excluding hydrogens is 246 g/mol.